The van der Waals surface area contributed by atoms with Gasteiger partial charge in [-0.3, -0.25) is 0 Å². The standard InChI is InChI=1S/C16H15BrN4/c17-12-7-4-8-13(9-12)21-15(19)10-14(18)20-16(21)11-5-2-1-3-6-11/h1-10,16H,19H2,(H2,18,20)/t16-/m1/s1. The van der Waals surface area contributed by atoms with Crippen molar-refractivity contribution >= 4 is 27.5 Å². The first-order valence-electron chi connectivity index (χ1n) is 6.55. The van der Waals surface area contributed by atoms with Gasteiger partial charge in [-0.25, -0.2) is 4.99 Å². The number of amidine groups is 1. The third-order valence-corrected chi connectivity index (χ3v) is 3.77. The molecule has 106 valence electrons. The highest BCUT2D eigenvalue weighted by atomic mass is 79.9. The molecular formula is C16H15BrN4. The summed E-state index contributed by atoms with van der Waals surface area (Å²) >= 11 is 3.49. The van der Waals surface area contributed by atoms with Gasteiger partial charge in [0, 0.05) is 16.2 Å². The van der Waals surface area contributed by atoms with Crippen molar-refractivity contribution < 1.29 is 0 Å². The zero-order valence-electron chi connectivity index (χ0n) is 11.3. The molecule has 0 fully saturated rings. The van der Waals surface area contributed by atoms with E-state index in [-0.39, 0.29) is 6.17 Å². The third-order valence-electron chi connectivity index (χ3n) is 3.27. The van der Waals surface area contributed by atoms with Gasteiger partial charge in [-0.2, -0.15) is 0 Å². The molecule has 1 aliphatic rings. The molecule has 0 bridgehead atoms. The van der Waals surface area contributed by atoms with Crippen LogP contribution in [0.5, 0.6) is 0 Å². The van der Waals surface area contributed by atoms with Crippen LogP contribution in [-0.2, 0) is 0 Å². The Balaban J connectivity index is 2.09. The van der Waals surface area contributed by atoms with Crippen LogP contribution in [0.25, 0.3) is 0 Å². The molecule has 0 radical (unpaired) electrons. The average molecular weight is 343 g/mol. The fourth-order valence-electron chi connectivity index (χ4n) is 2.36. The second-order valence-electron chi connectivity index (χ2n) is 4.76. The summed E-state index contributed by atoms with van der Waals surface area (Å²) in [5, 5.41) is 0. The minimum atomic E-state index is -0.259. The van der Waals surface area contributed by atoms with E-state index in [4.69, 9.17) is 11.5 Å². The maximum Gasteiger partial charge on any atom is 0.154 e. The Morgan fingerprint density at radius 3 is 2.48 bits per heavy atom. The normalized spacial score (nSPS) is 18.1. The zero-order chi connectivity index (χ0) is 14.8. The van der Waals surface area contributed by atoms with Gasteiger partial charge in [0.05, 0.1) is 0 Å². The molecule has 1 atom stereocenters. The molecule has 21 heavy (non-hydrogen) atoms. The van der Waals surface area contributed by atoms with Crippen molar-refractivity contribution in [1.82, 2.24) is 0 Å². The number of halogens is 1. The molecule has 3 rings (SSSR count). The van der Waals surface area contributed by atoms with Crippen molar-refractivity contribution in [1.29, 1.82) is 0 Å². The number of aliphatic imine (C=N–C) groups is 1. The fourth-order valence-corrected chi connectivity index (χ4v) is 2.75. The van der Waals surface area contributed by atoms with E-state index < -0.39 is 0 Å². The maximum atomic E-state index is 6.19. The molecule has 0 saturated heterocycles. The number of benzene rings is 2. The summed E-state index contributed by atoms with van der Waals surface area (Å²) in [4.78, 5) is 6.51. The smallest absolute Gasteiger partial charge is 0.154 e. The number of nitrogens with zero attached hydrogens (tertiary/aromatic N) is 2. The van der Waals surface area contributed by atoms with Crippen LogP contribution in [0.2, 0.25) is 0 Å². The van der Waals surface area contributed by atoms with E-state index in [0.29, 0.717) is 11.7 Å². The van der Waals surface area contributed by atoms with Gasteiger partial charge < -0.3 is 16.4 Å². The van der Waals surface area contributed by atoms with Crippen molar-refractivity contribution in [2.24, 2.45) is 16.5 Å². The van der Waals surface area contributed by atoms with E-state index in [1.54, 1.807) is 6.08 Å². The lowest BCUT2D eigenvalue weighted by atomic mass is 10.1. The molecule has 4 N–H and O–H groups in total. The van der Waals surface area contributed by atoms with Crippen LogP contribution in [0.15, 0.2) is 76.0 Å². The first-order valence-corrected chi connectivity index (χ1v) is 7.34. The van der Waals surface area contributed by atoms with E-state index in [1.165, 1.54) is 0 Å². The van der Waals surface area contributed by atoms with Crippen LogP contribution < -0.4 is 16.4 Å². The van der Waals surface area contributed by atoms with Crippen LogP contribution in [-0.4, -0.2) is 5.84 Å². The predicted octanol–water partition coefficient (Wildman–Crippen LogP) is 3.13. The number of hydrogen-bond donors (Lipinski definition) is 2. The summed E-state index contributed by atoms with van der Waals surface area (Å²) in [6, 6.07) is 17.9. The van der Waals surface area contributed by atoms with E-state index >= 15 is 0 Å². The van der Waals surface area contributed by atoms with Crippen molar-refractivity contribution in [3.63, 3.8) is 0 Å². The van der Waals surface area contributed by atoms with Gasteiger partial charge >= 0.3 is 0 Å². The van der Waals surface area contributed by atoms with Gasteiger partial charge in [0.25, 0.3) is 0 Å². The van der Waals surface area contributed by atoms with Gasteiger partial charge in [-0.1, -0.05) is 52.3 Å². The van der Waals surface area contributed by atoms with E-state index in [2.05, 4.69) is 20.9 Å². The second kappa shape index (κ2) is 5.61. The number of rotatable bonds is 2. The second-order valence-corrected chi connectivity index (χ2v) is 5.67. The topological polar surface area (TPSA) is 67.6 Å². The Morgan fingerprint density at radius 2 is 1.76 bits per heavy atom. The van der Waals surface area contributed by atoms with E-state index in [1.807, 2.05) is 59.5 Å². The first kappa shape index (κ1) is 13.7. The lowest BCUT2D eigenvalue weighted by molar-refractivity contribution is 0.692. The molecule has 0 unspecified atom stereocenters. The molecular weight excluding hydrogens is 328 g/mol. The zero-order valence-corrected chi connectivity index (χ0v) is 12.9. The summed E-state index contributed by atoms with van der Waals surface area (Å²) in [5.41, 5.74) is 14.1. The molecule has 0 amide bonds. The van der Waals surface area contributed by atoms with Gasteiger partial charge in [0.1, 0.15) is 11.7 Å². The van der Waals surface area contributed by atoms with Gasteiger partial charge in [-0.05, 0) is 23.8 Å². The molecule has 1 aliphatic heterocycles. The van der Waals surface area contributed by atoms with E-state index in [0.717, 1.165) is 15.7 Å². The van der Waals surface area contributed by atoms with Crippen molar-refractivity contribution in [3.8, 4) is 0 Å². The van der Waals surface area contributed by atoms with Crippen LogP contribution >= 0.6 is 15.9 Å². The van der Waals surface area contributed by atoms with Crippen molar-refractivity contribution in [2.45, 2.75) is 6.17 Å². The van der Waals surface area contributed by atoms with Gasteiger partial charge in [0.15, 0.2) is 6.17 Å². The van der Waals surface area contributed by atoms with Crippen LogP contribution in [0.3, 0.4) is 0 Å². The highest BCUT2D eigenvalue weighted by Gasteiger charge is 2.25. The first-order chi connectivity index (χ1) is 10.1. The highest BCUT2D eigenvalue weighted by molar-refractivity contribution is 9.10. The predicted molar refractivity (Wildman–Crippen MR) is 89.7 cm³/mol. The monoisotopic (exact) mass is 342 g/mol. The fraction of sp³-hybridized carbons (Fsp3) is 0.0625. The molecule has 5 heteroatoms. The minimum absolute atomic E-state index is 0.259. The molecule has 2 aromatic rings. The van der Waals surface area contributed by atoms with Crippen LogP contribution in [0.1, 0.15) is 11.7 Å². The Morgan fingerprint density at radius 1 is 1.00 bits per heavy atom. The molecule has 0 aromatic heterocycles. The summed E-state index contributed by atoms with van der Waals surface area (Å²) < 4.78 is 0.988. The quantitative estimate of drug-likeness (QED) is 0.880. The molecule has 0 spiro atoms. The Bertz CT molecular complexity index is 709. The van der Waals surface area contributed by atoms with Crippen LogP contribution in [0.4, 0.5) is 5.69 Å². The maximum absolute atomic E-state index is 6.19. The summed E-state index contributed by atoms with van der Waals surface area (Å²) in [6.07, 6.45) is 1.42. The summed E-state index contributed by atoms with van der Waals surface area (Å²) in [6.45, 7) is 0. The largest absolute Gasteiger partial charge is 0.385 e. The summed E-state index contributed by atoms with van der Waals surface area (Å²) in [5.74, 6) is 1.02. The molecule has 2 aromatic carbocycles. The molecule has 1 heterocycles. The lowest BCUT2D eigenvalue weighted by Crippen LogP contribution is -2.36. The lowest BCUT2D eigenvalue weighted by Gasteiger charge is -2.34. The molecule has 4 nitrogen and oxygen atoms in total. The Labute approximate surface area is 131 Å². The molecule has 0 aliphatic carbocycles. The molecule has 0 saturated carbocycles. The minimum Gasteiger partial charge on any atom is -0.385 e. The Hall–Kier alpha value is -2.27. The van der Waals surface area contributed by atoms with Gasteiger partial charge in [0.2, 0.25) is 0 Å². The van der Waals surface area contributed by atoms with Crippen molar-refractivity contribution in [2.75, 3.05) is 4.90 Å². The van der Waals surface area contributed by atoms with Crippen molar-refractivity contribution in [3.05, 3.63) is 76.5 Å². The van der Waals surface area contributed by atoms with Crippen LogP contribution in [0, 0.1) is 0 Å². The number of nitrogens with two attached hydrogens (primary N) is 2. The SMILES string of the molecule is NC1=CC(N)=N[C@@H](c2ccccc2)N1c1cccc(Br)c1. The third kappa shape index (κ3) is 2.78. The van der Waals surface area contributed by atoms with Gasteiger partial charge in [-0.15, -0.1) is 0 Å². The number of hydrogen-bond acceptors (Lipinski definition) is 4. The summed E-state index contributed by atoms with van der Waals surface area (Å²) in [7, 11) is 0. The van der Waals surface area contributed by atoms with E-state index in [9.17, 15) is 0 Å². The Kier molecular flexibility index (Phi) is 3.66. The average Bonchev–Trinajstić information content (AvgIpc) is 2.47. The number of anilines is 1. The highest BCUT2D eigenvalue weighted by Crippen LogP contribution is 2.33.